The third-order valence-electron chi connectivity index (χ3n) is 5.31. The summed E-state index contributed by atoms with van der Waals surface area (Å²) in [7, 11) is 0. The lowest BCUT2D eigenvalue weighted by molar-refractivity contribution is 0.0955. The van der Waals surface area contributed by atoms with Crippen LogP contribution >= 0.6 is 0 Å². The summed E-state index contributed by atoms with van der Waals surface area (Å²) in [6.45, 7) is 8.81. The lowest BCUT2D eigenvalue weighted by atomic mass is 10.0. The van der Waals surface area contributed by atoms with Crippen LogP contribution in [0.3, 0.4) is 0 Å². The quantitative estimate of drug-likeness (QED) is 0.506. The fraction of sp³-hybridized carbons (Fsp3) is 0.240. The lowest BCUT2D eigenvalue weighted by Gasteiger charge is -2.11. The number of nitrogens with one attached hydrogen (secondary N) is 1. The number of fused-ring (bicyclic) bond motifs is 1. The van der Waals surface area contributed by atoms with Crippen LogP contribution in [0.1, 0.15) is 40.5 Å². The van der Waals surface area contributed by atoms with Gasteiger partial charge in [-0.05, 0) is 57.5 Å². The molecule has 0 aliphatic heterocycles. The van der Waals surface area contributed by atoms with Gasteiger partial charge in [0.05, 0.1) is 34.4 Å². The van der Waals surface area contributed by atoms with Gasteiger partial charge in [0.1, 0.15) is 0 Å². The van der Waals surface area contributed by atoms with Crippen molar-refractivity contribution >= 4 is 16.8 Å². The Kier molecular flexibility index (Phi) is 5.36. The molecule has 1 N–H and O–H groups in total. The van der Waals surface area contributed by atoms with Crippen molar-refractivity contribution in [1.82, 2.24) is 20.1 Å². The van der Waals surface area contributed by atoms with E-state index in [-0.39, 0.29) is 5.91 Å². The number of carbonyl (C=O) groups excluding carboxylic acids is 1. The topological polar surface area (TPSA) is 59.8 Å². The minimum absolute atomic E-state index is 0.0697. The van der Waals surface area contributed by atoms with E-state index >= 15 is 0 Å². The first-order chi connectivity index (χ1) is 14.5. The zero-order valence-corrected chi connectivity index (χ0v) is 17.9. The van der Waals surface area contributed by atoms with E-state index in [0.717, 1.165) is 45.5 Å². The first kappa shape index (κ1) is 19.8. The van der Waals surface area contributed by atoms with Gasteiger partial charge in [-0.3, -0.25) is 4.79 Å². The summed E-state index contributed by atoms with van der Waals surface area (Å²) in [6, 6.07) is 16.2. The molecule has 0 radical (unpaired) electrons. The van der Waals surface area contributed by atoms with Crippen LogP contribution < -0.4 is 5.32 Å². The lowest BCUT2D eigenvalue weighted by Crippen LogP contribution is -2.24. The molecule has 2 aromatic carbocycles. The molecule has 30 heavy (non-hydrogen) atoms. The second-order valence-electron chi connectivity index (χ2n) is 7.72. The Labute approximate surface area is 176 Å². The Morgan fingerprint density at radius 1 is 1.00 bits per heavy atom. The predicted octanol–water partition coefficient (Wildman–Crippen LogP) is 5.15. The molecule has 2 heterocycles. The number of carbonyl (C=O) groups is 1. The molecule has 1 amide bonds. The van der Waals surface area contributed by atoms with Crippen LogP contribution in [0, 0.1) is 20.8 Å². The van der Waals surface area contributed by atoms with E-state index in [1.807, 2.05) is 55.9 Å². The standard InChI is InChI=1S/C25H26N4O/c1-5-12-26-25(30)21-14-24(28-23-11-8-17(3)13-20(21)23)22-15-27-29(18(22)4)19-9-6-16(2)7-10-19/h6-11,13-15H,5,12H2,1-4H3,(H,26,30). The average molecular weight is 399 g/mol. The van der Waals surface area contributed by atoms with E-state index in [2.05, 4.69) is 41.6 Å². The number of rotatable bonds is 5. The van der Waals surface area contributed by atoms with Crippen LogP contribution in [-0.2, 0) is 0 Å². The molecule has 0 aliphatic carbocycles. The number of aryl methyl sites for hydroxylation is 2. The summed E-state index contributed by atoms with van der Waals surface area (Å²) in [5.41, 5.74) is 7.42. The maximum Gasteiger partial charge on any atom is 0.252 e. The number of nitrogens with zero attached hydrogens (tertiary/aromatic N) is 3. The van der Waals surface area contributed by atoms with Crippen molar-refractivity contribution in [3.63, 3.8) is 0 Å². The molecular weight excluding hydrogens is 372 g/mol. The number of aromatic nitrogens is 3. The second-order valence-corrected chi connectivity index (χ2v) is 7.72. The molecule has 0 bridgehead atoms. The van der Waals surface area contributed by atoms with Gasteiger partial charge in [-0.15, -0.1) is 0 Å². The molecule has 4 aromatic rings. The molecule has 0 fully saturated rings. The molecule has 152 valence electrons. The third kappa shape index (κ3) is 3.71. The number of hydrogen-bond acceptors (Lipinski definition) is 3. The molecular formula is C25H26N4O. The van der Waals surface area contributed by atoms with Gasteiger partial charge < -0.3 is 5.32 Å². The van der Waals surface area contributed by atoms with Crippen molar-refractivity contribution in [2.75, 3.05) is 6.54 Å². The largest absolute Gasteiger partial charge is 0.352 e. The molecule has 0 spiro atoms. The Bertz CT molecular complexity index is 1220. The summed E-state index contributed by atoms with van der Waals surface area (Å²) < 4.78 is 1.91. The summed E-state index contributed by atoms with van der Waals surface area (Å²) in [5, 5.41) is 8.46. The molecule has 0 unspecified atom stereocenters. The van der Waals surface area contributed by atoms with Gasteiger partial charge in [0, 0.05) is 17.5 Å². The molecule has 2 aromatic heterocycles. The van der Waals surface area contributed by atoms with Crippen LogP contribution in [0.5, 0.6) is 0 Å². The number of benzene rings is 2. The van der Waals surface area contributed by atoms with Crippen molar-refractivity contribution in [2.24, 2.45) is 0 Å². The summed E-state index contributed by atoms with van der Waals surface area (Å²) >= 11 is 0. The van der Waals surface area contributed by atoms with E-state index in [1.54, 1.807) is 0 Å². The van der Waals surface area contributed by atoms with Gasteiger partial charge in [-0.25, -0.2) is 9.67 Å². The highest BCUT2D eigenvalue weighted by molar-refractivity contribution is 6.07. The van der Waals surface area contributed by atoms with E-state index in [0.29, 0.717) is 12.1 Å². The molecule has 4 rings (SSSR count). The molecule has 0 saturated carbocycles. The van der Waals surface area contributed by atoms with Crippen molar-refractivity contribution in [1.29, 1.82) is 0 Å². The number of amides is 1. The maximum absolute atomic E-state index is 12.9. The molecule has 5 heteroatoms. The second kappa shape index (κ2) is 8.11. The molecule has 0 atom stereocenters. The monoisotopic (exact) mass is 398 g/mol. The highest BCUT2D eigenvalue weighted by Crippen LogP contribution is 2.28. The van der Waals surface area contributed by atoms with Crippen LogP contribution in [0.2, 0.25) is 0 Å². The van der Waals surface area contributed by atoms with Gasteiger partial charge in [-0.1, -0.05) is 36.2 Å². The van der Waals surface area contributed by atoms with E-state index < -0.39 is 0 Å². The van der Waals surface area contributed by atoms with Crippen molar-refractivity contribution in [2.45, 2.75) is 34.1 Å². The van der Waals surface area contributed by atoms with Gasteiger partial charge in [0.25, 0.3) is 5.91 Å². The van der Waals surface area contributed by atoms with Crippen molar-refractivity contribution in [3.8, 4) is 16.9 Å². The van der Waals surface area contributed by atoms with E-state index in [9.17, 15) is 4.79 Å². The highest BCUT2D eigenvalue weighted by Gasteiger charge is 2.17. The zero-order valence-electron chi connectivity index (χ0n) is 17.9. The van der Waals surface area contributed by atoms with Gasteiger partial charge in [-0.2, -0.15) is 5.10 Å². The Balaban J connectivity index is 1.84. The fourth-order valence-electron chi connectivity index (χ4n) is 3.61. The van der Waals surface area contributed by atoms with E-state index in [4.69, 9.17) is 4.98 Å². The summed E-state index contributed by atoms with van der Waals surface area (Å²) in [4.78, 5) is 17.8. The Morgan fingerprint density at radius 2 is 1.73 bits per heavy atom. The van der Waals surface area contributed by atoms with E-state index in [1.165, 1.54) is 5.56 Å². The average Bonchev–Trinajstić information content (AvgIpc) is 3.13. The summed E-state index contributed by atoms with van der Waals surface area (Å²) in [5.74, 6) is -0.0697. The summed E-state index contributed by atoms with van der Waals surface area (Å²) in [6.07, 6.45) is 2.72. The van der Waals surface area contributed by atoms with Gasteiger partial charge in [0.15, 0.2) is 0 Å². The van der Waals surface area contributed by atoms with Crippen molar-refractivity contribution in [3.05, 3.63) is 77.1 Å². The zero-order chi connectivity index (χ0) is 21.3. The third-order valence-corrected chi connectivity index (χ3v) is 5.31. The maximum atomic E-state index is 12.9. The minimum Gasteiger partial charge on any atom is -0.352 e. The normalized spacial score (nSPS) is 11.1. The molecule has 0 saturated heterocycles. The Morgan fingerprint density at radius 3 is 2.47 bits per heavy atom. The van der Waals surface area contributed by atoms with Crippen molar-refractivity contribution < 1.29 is 4.79 Å². The van der Waals surface area contributed by atoms with Crippen LogP contribution in [0.25, 0.3) is 27.8 Å². The smallest absolute Gasteiger partial charge is 0.252 e. The SMILES string of the molecule is CCCNC(=O)c1cc(-c2cnn(-c3ccc(C)cc3)c2C)nc2ccc(C)cc12. The minimum atomic E-state index is -0.0697. The number of pyridine rings is 1. The Hall–Kier alpha value is -3.47. The first-order valence-corrected chi connectivity index (χ1v) is 10.3. The molecule has 0 aliphatic rings. The highest BCUT2D eigenvalue weighted by atomic mass is 16.1. The first-order valence-electron chi connectivity index (χ1n) is 10.3. The molecule has 5 nitrogen and oxygen atoms in total. The van der Waals surface area contributed by atoms with Crippen LogP contribution in [-0.4, -0.2) is 27.2 Å². The van der Waals surface area contributed by atoms with Gasteiger partial charge in [0.2, 0.25) is 0 Å². The predicted molar refractivity (Wildman–Crippen MR) is 121 cm³/mol. The van der Waals surface area contributed by atoms with Gasteiger partial charge >= 0.3 is 0 Å². The van der Waals surface area contributed by atoms with Crippen LogP contribution in [0.4, 0.5) is 0 Å². The number of hydrogen-bond donors (Lipinski definition) is 1. The fourth-order valence-corrected chi connectivity index (χ4v) is 3.61. The van der Waals surface area contributed by atoms with Crippen LogP contribution in [0.15, 0.2) is 54.7 Å².